The Labute approximate surface area is 311 Å². The second-order valence-corrected chi connectivity index (χ2v) is 14.4. The van der Waals surface area contributed by atoms with Crippen LogP contribution in [0.4, 0.5) is 0 Å². The van der Waals surface area contributed by atoms with Crippen molar-refractivity contribution in [3.63, 3.8) is 0 Å². The van der Waals surface area contributed by atoms with Crippen LogP contribution in [0.1, 0.15) is 22.3 Å². The number of aromatic nitrogens is 2. The molecule has 0 saturated heterocycles. The number of hydrogen-bond donors (Lipinski definition) is 0. The smallest absolute Gasteiger partial charge is 0.161 e. The van der Waals surface area contributed by atoms with E-state index >= 15 is 0 Å². The Morgan fingerprint density at radius 3 is 1.59 bits per heavy atom. The molecule has 10 aromatic rings. The summed E-state index contributed by atoms with van der Waals surface area (Å²) in [5, 5.41) is 3.15. The molecule has 54 heavy (non-hydrogen) atoms. The zero-order valence-corrected chi connectivity index (χ0v) is 29.1. The molecule has 250 valence electrons. The number of fused-ring (bicyclic) bond motifs is 14. The molecule has 0 bridgehead atoms. The standard InChI is InChI=1S/C51H30N2O/c1-2-15-31(16-3-1)32-21-12-22-35-36-23-13-25-40(49(36)54-48(32)35)47-38-20-7-11-30-45(38)52-50(53-47)39-24-14-29-44-46(39)37-19-6-10-28-43(37)51(44)41-26-8-4-17-33(41)34-18-5-9-27-42(34)51/h1-30H. The van der Waals surface area contributed by atoms with Crippen LogP contribution in [0.15, 0.2) is 186 Å². The molecule has 0 amide bonds. The van der Waals surface area contributed by atoms with Crippen molar-refractivity contribution in [2.75, 3.05) is 0 Å². The van der Waals surface area contributed by atoms with Crippen LogP contribution in [-0.4, -0.2) is 9.97 Å². The fourth-order valence-corrected chi connectivity index (χ4v) is 9.58. The van der Waals surface area contributed by atoms with Gasteiger partial charge in [-0.05, 0) is 62.2 Å². The second kappa shape index (κ2) is 11.0. The average Bonchev–Trinajstić information content (AvgIpc) is 3.88. The maximum absolute atomic E-state index is 6.91. The van der Waals surface area contributed by atoms with Crippen molar-refractivity contribution in [1.82, 2.24) is 9.97 Å². The van der Waals surface area contributed by atoms with Gasteiger partial charge in [0, 0.05) is 32.8 Å². The highest BCUT2D eigenvalue weighted by atomic mass is 16.3. The Bertz CT molecular complexity index is 3130. The van der Waals surface area contributed by atoms with E-state index < -0.39 is 5.41 Å². The molecule has 0 saturated carbocycles. The van der Waals surface area contributed by atoms with Gasteiger partial charge in [-0.1, -0.05) is 170 Å². The minimum absolute atomic E-state index is 0.439. The molecule has 3 nitrogen and oxygen atoms in total. The quantitative estimate of drug-likeness (QED) is 0.186. The van der Waals surface area contributed by atoms with Crippen molar-refractivity contribution in [3.05, 3.63) is 204 Å². The van der Waals surface area contributed by atoms with E-state index in [0.29, 0.717) is 5.82 Å². The number of nitrogens with zero attached hydrogens (tertiary/aromatic N) is 2. The highest BCUT2D eigenvalue weighted by Gasteiger charge is 2.52. The van der Waals surface area contributed by atoms with Crippen molar-refractivity contribution in [3.8, 4) is 56.0 Å². The van der Waals surface area contributed by atoms with Gasteiger partial charge in [0.1, 0.15) is 11.2 Å². The van der Waals surface area contributed by atoms with Crippen LogP contribution in [0.25, 0.3) is 88.9 Å². The predicted molar refractivity (Wildman–Crippen MR) is 219 cm³/mol. The molecule has 0 unspecified atom stereocenters. The third kappa shape index (κ3) is 3.80. The first kappa shape index (κ1) is 29.5. The first-order valence-electron chi connectivity index (χ1n) is 18.5. The first-order valence-corrected chi connectivity index (χ1v) is 18.5. The molecule has 0 radical (unpaired) electrons. The number of furan rings is 1. The third-order valence-corrected chi connectivity index (χ3v) is 11.7. The number of hydrogen-bond acceptors (Lipinski definition) is 3. The number of para-hydroxylation sites is 3. The Balaban J connectivity index is 1.13. The van der Waals surface area contributed by atoms with Gasteiger partial charge < -0.3 is 4.42 Å². The van der Waals surface area contributed by atoms with Gasteiger partial charge in [-0.3, -0.25) is 0 Å². The molecule has 12 rings (SSSR count). The second-order valence-electron chi connectivity index (χ2n) is 14.4. The van der Waals surface area contributed by atoms with E-state index in [9.17, 15) is 0 Å². The van der Waals surface area contributed by atoms with Crippen molar-refractivity contribution in [1.29, 1.82) is 0 Å². The van der Waals surface area contributed by atoms with Crippen LogP contribution in [0.2, 0.25) is 0 Å². The SMILES string of the molecule is c1ccc(-c2cccc3c2oc2c(-c4nc(-c5cccc6c5-c5ccccc5C65c6ccccc6-c6ccccc65)nc5ccccc45)cccc23)cc1. The summed E-state index contributed by atoms with van der Waals surface area (Å²) < 4.78 is 6.91. The number of benzene rings is 8. The van der Waals surface area contributed by atoms with E-state index in [-0.39, 0.29) is 0 Å². The van der Waals surface area contributed by atoms with Crippen LogP contribution in [0.5, 0.6) is 0 Å². The van der Waals surface area contributed by atoms with Crippen molar-refractivity contribution < 1.29 is 4.42 Å². The Morgan fingerprint density at radius 1 is 0.352 bits per heavy atom. The topological polar surface area (TPSA) is 38.9 Å². The van der Waals surface area contributed by atoms with Crippen LogP contribution in [0.3, 0.4) is 0 Å². The van der Waals surface area contributed by atoms with Gasteiger partial charge in [0.05, 0.1) is 16.6 Å². The monoisotopic (exact) mass is 686 g/mol. The fraction of sp³-hybridized carbons (Fsp3) is 0.0196. The molecule has 1 spiro atoms. The lowest BCUT2D eigenvalue weighted by molar-refractivity contribution is 0.671. The lowest BCUT2D eigenvalue weighted by Gasteiger charge is -2.30. The van der Waals surface area contributed by atoms with Gasteiger partial charge in [0.2, 0.25) is 0 Å². The maximum atomic E-state index is 6.91. The minimum Gasteiger partial charge on any atom is -0.455 e. The highest BCUT2D eigenvalue weighted by molar-refractivity contribution is 6.14. The van der Waals surface area contributed by atoms with Gasteiger partial charge in [0.15, 0.2) is 5.82 Å². The van der Waals surface area contributed by atoms with Crippen molar-refractivity contribution >= 4 is 32.8 Å². The molecule has 2 aliphatic carbocycles. The molecule has 2 aliphatic rings. The largest absolute Gasteiger partial charge is 0.455 e. The molecule has 0 N–H and O–H groups in total. The van der Waals surface area contributed by atoms with Gasteiger partial charge >= 0.3 is 0 Å². The Hall–Kier alpha value is -7.10. The molecule has 0 atom stereocenters. The summed E-state index contributed by atoms with van der Waals surface area (Å²) in [6.45, 7) is 0. The molecule has 0 aliphatic heterocycles. The Kier molecular flexibility index (Phi) is 5.98. The van der Waals surface area contributed by atoms with E-state index in [2.05, 4.69) is 176 Å². The molecular weight excluding hydrogens is 657 g/mol. The lowest BCUT2D eigenvalue weighted by atomic mass is 9.70. The van der Waals surface area contributed by atoms with Gasteiger partial charge in [-0.15, -0.1) is 0 Å². The van der Waals surface area contributed by atoms with Gasteiger partial charge in [-0.25, -0.2) is 9.97 Å². The third-order valence-electron chi connectivity index (χ3n) is 11.7. The van der Waals surface area contributed by atoms with Crippen molar-refractivity contribution in [2.45, 2.75) is 5.41 Å². The number of rotatable bonds is 3. The maximum Gasteiger partial charge on any atom is 0.161 e. The summed E-state index contributed by atoms with van der Waals surface area (Å²) in [5.41, 5.74) is 17.4. The first-order chi connectivity index (χ1) is 26.8. The van der Waals surface area contributed by atoms with E-state index in [1.807, 2.05) is 6.07 Å². The lowest BCUT2D eigenvalue weighted by Crippen LogP contribution is -2.25. The van der Waals surface area contributed by atoms with E-state index in [1.54, 1.807) is 0 Å². The molecule has 0 fully saturated rings. The van der Waals surface area contributed by atoms with Crippen LogP contribution >= 0.6 is 0 Å². The molecule has 2 heterocycles. The summed E-state index contributed by atoms with van der Waals surface area (Å²) in [5.74, 6) is 0.699. The Morgan fingerprint density at radius 2 is 0.852 bits per heavy atom. The summed E-state index contributed by atoms with van der Waals surface area (Å²) in [7, 11) is 0. The fourth-order valence-electron chi connectivity index (χ4n) is 9.58. The molecule has 2 aromatic heterocycles. The van der Waals surface area contributed by atoms with E-state index in [0.717, 1.165) is 60.8 Å². The molecular formula is C51H30N2O. The summed E-state index contributed by atoms with van der Waals surface area (Å²) in [6.07, 6.45) is 0. The average molecular weight is 687 g/mol. The summed E-state index contributed by atoms with van der Waals surface area (Å²) in [4.78, 5) is 10.8. The molecule has 8 aromatic carbocycles. The highest BCUT2D eigenvalue weighted by Crippen LogP contribution is 2.63. The summed E-state index contributed by atoms with van der Waals surface area (Å²) in [6, 6.07) is 65.1. The van der Waals surface area contributed by atoms with Crippen LogP contribution < -0.4 is 0 Å². The zero-order valence-electron chi connectivity index (χ0n) is 29.1. The normalized spacial score (nSPS) is 13.3. The van der Waals surface area contributed by atoms with Gasteiger partial charge in [-0.2, -0.15) is 0 Å². The van der Waals surface area contributed by atoms with Gasteiger partial charge in [0.25, 0.3) is 0 Å². The van der Waals surface area contributed by atoms with Crippen LogP contribution in [-0.2, 0) is 5.41 Å². The predicted octanol–water partition coefficient (Wildman–Crippen LogP) is 12.9. The summed E-state index contributed by atoms with van der Waals surface area (Å²) >= 11 is 0. The van der Waals surface area contributed by atoms with E-state index in [1.165, 1.54) is 44.5 Å². The van der Waals surface area contributed by atoms with E-state index in [4.69, 9.17) is 14.4 Å². The minimum atomic E-state index is -0.439. The zero-order chi connectivity index (χ0) is 35.4. The van der Waals surface area contributed by atoms with Crippen LogP contribution in [0, 0.1) is 0 Å². The molecule has 3 heteroatoms. The van der Waals surface area contributed by atoms with Crippen molar-refractivity contribution in [2.24, 2.45) is 0 Å².